The van der Waals surface area contributed by atoms with Crippen LogP contribution in [0.2, 0.25) is 0 Å². The van der Waals surface area contributed by atoms with Gasteiger partial charge < -0.3 is 14.5 Å². The average Bonchev–Trinajstić information content (AvgIpc) is 3.01. The average molecular weight is 287 g/mol. The lowest BCUT2D eigenvalue weighted by Gasteiger charge is -2.19. The van der Waals surface area contributed by atoms with E-state index in [1.165, 1.54) is 0 Å². The molecular formula is C16H21N3O2. The lowest BCUT2D eigenvalue weighted by molar-refractivity contribution is 0.109. The van der Waals surface area contributed by atoms with Crippen molar-refractivity contribution in [1.82, 2.24) is 9.97 Å². The van der Waals surface area contributed by atoms with Crippen molar-refractivity contribution >= 4 is 5.82 Å². The molecule has 0 bridgehead atoms. The van der Waals surface area contributed by atoms with Crippen molar-refractivity contribution in [1.29, 1.82) is 0 Å². The molecule has 0 spiro atoms. The molecule has 0 amide bonds. The summed E-state index contributed by atoms with van der Waals surface area (Å²) in [6.07, 6.45) is 2.75. The number of hydrogen-bond acceptors (Lipinski definition) is 5. The summed E-state index contributed by atoms with van der Waals surface area (Å²) < 4.78 is 11.3. The van der Waals surface area contributed by atoms with Gasteiger partial charge in [-0.3, -0.25) is 0 Å². The highest BCUT2D eigenvalue weighted by molar-refractivity contribution is 5.56. The maximum absolute atomic E-state index is 5.79. The Morgan fingerprint density at radius 3 is 2.90 bits per heavy atom. The second-order valence-corrected chi connectivity index (χ2v) is 5.17. The zero-order valence-corrected chi connectivity index (χ0v) is 12.6. The Kier molecular flexibility index (Phi) is 4.20. The van der Waals surface area contributed by atoms with Gasteiger partial charge in [-0.1, -0.05) is 13.8 Å². The van der Waals surface area contributed by atoms with E-state index in [-0.39, 0.29) is 0 Å². The molecule has 3 rings (SSSR count). The molecule has 0 aromatic carbocycles. The first-order valence-corrected chi connectivity index (χ1v) is 7.62. The number of rotatable bonds is 5. The van der Waals surface area contributed by atoms with Crippen LogP contribution in [0.5, 0.6) is 0 Å². The maximum atomic E-state index is 5.79. The number of furan rings is 1. The molecule has 0 saturated carbocycles. The number of nitrogens with zero attached hydrogens (tertiary/aromatic N) is 2. The molecule has 1 aliphatic rings. The zero-order chi connectivity index (χ0) is 14.7. The zero-order valence-electron chi connectivity index (χ0n) is 12.6. The quantitative estimate of drug-likeness (QED) is 0.915. The number of nitrogens with one attached hydrogen (secondary N) is 1. The van der Waals surface area contributed by atoms with Crippen molar-refractivity contribution in [2.24, 2.45) is 0 Å². The number of hydrogen-bond donors (Lipinski definition) is 1. The minimum Gasteiger partial charge on any atom is -0.458 e. The van der Waals surface area contributed by atoms with Gasteiger partial charge in [0, 0.05) is 24.9 Å². The van der Waals surface area contributed by atoms with E-state index in [1.54, 1.807) is 0 Å². The predicted molar refractivity (Wildman–Crippen MR) is 81.3 cm³/mol. The molecule has 5 nitrogen and oxygen atoms in total. The number of ether oxygens (including phenoxy) is 1. The van der Waals surface area contributed by atoms with Gasteiger partial charge in [-0.05, 0) is 18.6 Å². The van der Waals surface area contributed by atoms with E-state index >= 15 is 0 Å². The van der Waals surface area contributed by atoms with Gasteiger partial charge in [-0.15, -0.1) is 0 Å². The van der Waals surface area contributed by atoms with E-state index in [1.807, 2.05) is 12.1 Å². The molecule has 0 aliphatic carbocycles. The summed E-state index contributed by atoms with van der Waals surface area (Å²) in [6, 6.07) is 3.93. The minimum atomic E-state index is 0.583. The van der Waals surface area contributed by atoms with Crippen LogP contribution in [-0.4, -0.2) is 23.1 Å². The highest BCUT2D eigenvalue weighted by Gasteiger charge is 2.19. The Morgan fingerprint density at radius 2 is 2.14 bits per heavy atom. The van der Waals surface area contributed by atoms with E-state index in [9.17, 15) is 0 Å². The molecule has 2 aromatic rings. The van der Waals surface area contributed by atoms with E-state index in [4.69, 9.17) is 9.15 Å². The third-order valence-corrected chi connectivity index (χ3v) is 3.60. The molecule has 1 aliphatic heterocycles. The van der Waals surface area contributed by atoms with E-state index in [2.05, 4.69) is 29.1 Å². The van der Waals surface area contributed by atoms with Gasteiger partial charge in [0.15, 0.2) is 11.6 Å². The van der Waals surface area contributed by atoms with E-state index in [0.717, 1.165) is 61.0 Å². The van der Waals surface area contributed by atoms with Crippen LogP contribution >= 0.6 is 0 Å². The van der Waals surface area contributed by atoms with Crippen molar-refractivity contribution in [2.45, 2.75) is 39.7 Å². The van der Waals surface area contributed by atoms with Crippen LogP contribution in [-0.2, 0) is 24.2 Å². The highest BCUT2D eigenvalue weighted by atomic mass is 16.5. The van der Waals surface area contributed by atoms with Crippen LogP contribution in [0.25, 0.3) is 11.6 Å². The summed E-state index contributed by atoms with van der Waals surface area (Å²) in [4.78, 5) is 9.32. The molecule has 1 N–H and O–H groups in total. The van der Waals surface area contributed by atoms with Crippen LogP contribution in [0.3, 0.4) is 0 Å². The molecule has 112 valence electrons. The Morgan fingerprint density at radius 1 is 1.24 bits per heavy atom. The Labute approximate surface area is 124 Å². The first-order valence-electron chi connectivity index (χ1n) is 7.62. The summed E-state index contributed by atoms with van der Waals surface area (Å²) >= 11 is 0. The second-order valence-electron chi connectivity index (χ2n) is 5.17. The standard InChI is InChI=1S/C16H21N3O2/c1-3-8-17-15-12-10-20-9-7-13(12)18-16(19-15)14-6-5-11(4-2)21-14/h5-6H,3-4,7-10H2,1-2H3,(H,17,18,19). The minimum absolute atomic E-state index is 0.583. The summed E-state index contributed by atoms with van der Waals surface area (Å²) in [6.45, 7) is 6.40. The monoisotopic (exact) mass is 287 g/mol. The number of fused-ring (bicyclic) bond motifs is 1. The van der Waals surface area contributed by atoms with Gasteiger partial charge in [0.05, 0.1) is 18.9 Å². The molecule has 5 heteroatoms. The fraction of sp³-hybridized carbons (Fsp3) is 0.500. The number of aryl methyl sites for hydroxylation is 1. The highest BCUT2D eigenvalue weighted by Crippen LogP contribution is 2.27. The largest absolute Gasteiger partial charge is 0.458 e. The third kappa shape index (κ3) is 2.93. The van der Waals surface area contributed by atoms with Crippen LogP contribution in [0, 0.1) is 0 Å². The van der Waals surface area contributed by atoms with E-state index in [0.29, 0.717) is 12.4 Å². The summed E-state index contributed by atoms with van der Waals surface area (Å²) in [5.41, 5.74) is 2.15. The first kappa shape index (κ1) is 14.1. The summed E-state index contributed by atoms with van der Waals surface area (Å²) in [7, 11) is 0. The lowest BCUT2D eigenvalue weighted by atomic mass is 10.1. The van der Waals surface area contributed by atoms with Crippen molar-refractivity contribution in [2.75, 3.05) is 18.5 Å². The van der Waals surface area contributed by atoms with Gasteiger partial charge in [0.2, 0.25) is 0 Å². The van der Waals surface area contributed by atoms with Gasteiger partial charge in [-0.25, -0.2) is 9.97 Å². The molecule has 0 unspecified atom stereocenters. The molecule has 2 aromatic heterocycles. The number of anilines is 1. The smallest absolute Gasteiger partial charge is 0.197 e. The first-order chi connectivity index (χ1) is 10.3. The fourth-order valence-corrected chi connectivity index (χ4v) is 2.42. The lowest BCUT2D eigenvalue weighted by Crippen LogP contribution is -2.17. The third-order valence-electron chi connectivity index (χ3n) is 3.60. The van der Waals surface area contributed by atoms with Crippen LogP contribution in [0.1, 0.15) is 37.3 Å². The Balaban J connectivity index is 2.00. The topological polar surface area (TPSA) is 60.2 Å². The molecule has 21 heavy (non-hydrogen) atoms. The van der Waals surface area contributed by atoms with E-state index < -0.39 is 0 Å². The summed E-state index contributed by atoms with van der Waals surface area (Å²) in [5.74, 6) is 3.23. The molecular weight excluding hydrogens is 266 g/mol. The summed E-state index contributed by atoms with van der Waals surface area (Å²) in [5, 5.41) is 3.38. The predicted octanol–water partition coefficient (Wildman–Crippen LogP) is 3.19. The fourth-order valence-electron chi connectivity index (χ4n) is 2.42. The Bertz CT molecular complexity index is 622. The van der Waals surface area contributed by atoms with Crippen LogP contribution < -0.4 is 5.32 Å². The molecule has 0 fully saturated rings. The van der Waals surface area contributed by atoms with Crippen molar-refractivity contribution in [3.8, 4) is 11.6 Å². The van der Waals surface area contributed by atoms with Gasteiger partial charge in [0.1, 0.15) is 11.6 Å². The van der Waals surface area contributed by atoms with Crippen molar-refractivity contribution in [3.63, 3.8) is 0 Å². The molecule has 0 atom stereocenters. The number of aromatic nitrogens is 2. The SMILES string of the molecule is CCCNc1nc(-c2ccc(CC)o2)nc2c1COCC2. The van der Waals surface area contributed by atoms with Crippen molar-refractivity contribution < 1.29 is 9.15 Å². The molecule has 0 saturated heterocycles. The van der Waals surface area contributed by atoms with Gasteiger partial charge in [0.25, 0.3) is 0 Å². The van der Waals surface area contributed by atoms with Gasteiger partial charge >= 0.3 is 0 Å². The maximum Gasteiger partial charge on any atom is 0.197 e. The van der Waals surface area contributed by atoms with Gasteiger partial charge in [-0.2, -0.15) is 0 Å². The second kappa shape index (κ2) is 6.26. The Hall–Kier alpha value is -1.88. The van der Waals surface area contributed by atoms with Crippen molar-refractivity contribution in [3.05, 3.63) is 29.2 Å². The molecule has 0 radical (unpaired) electrons. The normalized spacial score (nSPS) is 14.0. The van der Waals surface area contributed by atoms with Crippen LogP contribution in [0.4, 0.5) is 5.82 Å². The molecule has 3 heterocycles. The van der Waals surface area contributed by atoms with Crippen LogP contribution in [0.15, 0.2) is 16.5 Å².